The molecule has 0 saturated heterocycles. The number of anilines is 1. The third-order valence-electron chi connectivity index (χ3n) is 1.85. The van der Waals surface area contributed by atoms with E-state index in [4.69, 9.17) is 23.1 Å². The van der Waals surface area contributed by atoms with Crippen molar-refractivity contribution in [3.05, 3.63) is 22.8 Å². The van der Waals surface area contributed by atoms with Crippen molar-refractivity contribution in [3.8, 4) is 0 Å². The Kier molecular flexibility index (Phi) is 3.68. The number of pyridine rings is 1. The van der Waals surface area contributed by atoms with E-state index in [-0.39, 0.29) is 16.5 Å². The van der Waals surface area contributed by atoms with Crippen molar-refractivity contribution in [2.45, 2.75) is 13.0 Å². The molecule has 2 amide bonds. The highest BCUT2D eigenvalue weighted by Gasteiger charge is 2.14. The van der Waals surface area contributed by atoms with E-state index in [2.05, 4.69) is 10.3 Å². The van der Waals surface area contributed by atoms with Crippen LogP contribution >= 0.6 is 11.6 Å². The summed E-state index contributed by atoms with van der Waals surface area (Å²) in [5.41, 5.74) is 10.7. The molecule has 0 aliphatic carbocycles. The normalized spacial score (nSPS) is 11.9. The largest absolute Gasteiger partial charge is 0.384 e. The fourth-order valence-corrected chi connectivity index (χ4v) is 1.21. The summed E-state index contributed by atoms with van der Waals surface area (Å²) >= 11 is 5.63. The SMILES string of the molecule is CC(NC(=O)c1cc(N)nc(Cl)c1)C(N)=O. The van der Waals surface area contributed by atoms with Gasteiger partial charge >= 0.3 is 0 Å². The maximum Gasteiger partial charge on any atom is 0.252 e. The molecule has 0 aliphatic heterocycles. The monoisotopic (exact) mass is 242 g/mol. The fraction of sp³-hybridized carbons (Fsp3) is 0.222. The number of halogens is 1. The van der Waals surface area contributed by atoms with Crippen molar-refractivity contribution < 1.29 is 9.59 Å². The smallest absolute Gasteiger partial charge is 0.252 e. The van der Waals surface area contributed by atoms with E-state index in [1.165, 1.54) is 19.1 Å². The Bertz CT molecular complexity index is 415. The molecule has 7 heteroatoms. The average molecular weight is 243 g/mol. The zero-order valence-corrected chi connectivity index (χ0v) is 9.28. The molecule has 16 heavy (non-hydrogen) atoms. The van der Waals surface area contributed by atoms with Gasteiger partial charge in [-0.05, 0) is 19.1 Å². The second-order valence-electron chi connectivity index (χ2n) is 3.20. The number of aromatic nitrogens is 1. The Morgan fingerprint density at radius 3 is 2.62 bits per heavy atom. The molecule has 0 saturated carbocycles. The number of nitrogens with two attached hydrogens (primary N) is 2. The lowest BCUT2D eigenvalue weighted by atomic mass is 10.2. The average Bonchev–Trinajstić information content (AvgIpc) is 2.15. The molecule has 6 nitrogen and oxygen atoms in total. The molecular formula is C9H11ClN4O2. The highest BCUT2D eigenvalue weighted by molar-refractivity contribution is 6.29. The summed E-state index contributed by atoms with van der Waals surface area (Å²) in [6, 6.07) is 1.94. The molecule has 1 atom stereocenters. The molecule has 1 unspecified atom stereocenters. The second-order valence-corrected chi connectivity index (χ2v) is 3.59. The highest BCUT2D eigenvalue weighted by atomic mass is 35.5. The van der Waals surface area contributed by atoms with Crippen LogP contribution in [0, 0.1) is 0 Å². The molecule has 0 bridgehead atoms. The molecule has 0 fully saturated rings. The predicted molar refractivity (Wildman–Crippen MR) is 59.8 cm³/mol. The minimum Gasteiger partial charge on any atom is -0.384 e. The molecule has 1 aromatic rings. The summed E-state index contributed by atoms with van der Waals surface area (Å²) in [6.07, 6.45) is 0. The van der Waals surface area contributed by atoms with Gasteiger partial charge in [0.15, 0.2) is 0 Å². The summed E-state index contributed by atoms with van der Waals surface area (Å²) in [5, 5.41) is 2.50. The number of nitrogens with one attached hydrogen (secondary N) is 1. The van der Waals surface area contributed by atoms with Crippen LogP contribution in [0.1, 0.15) is 17.3 Å². The first-order valence-electron chi connectivity index (χ1n) is 4.43. The van der Waals surface area contributed by atoms with Crippen LogP contribution in [0.25, 0.3) is 0 Å². The maximum absolute atomic E-state index is 11.6. The summed E-state index contributed by atoms with van der Waals surface area (Å²) < 4.78 is 0. The van der Waals surface area contributed by atoms with E-state index in [1.807, 2.05) is 0 Å². The van der Waals surface area contributed by atoms with E-state index in [1.54, 1.807) is 0 Å². The summed E-state index contributed by atoms with van der Waals surface area (Å²) in [4.78, 5) is 26.0. The Hall–Kier alpha value is -1.82. The second kappa shape index (κ2) is 4.80. The van der Waals surface area contributed by atoms with Gasteiger partial charge in [0, 0.05) is 5.56 Å². The van der Waals surface area contributed by atoms with Crippen LogP contribution in [0.15, 0.2) is 12.1 Å². The molecule has 1 heterocycles. The lowest BCUT2D eigenvalue weighted by Crippen LogP contribution is -2.42. The molecule has 0 spiro atoms. The molecule has 0 aliphatic rings. The molecule has 5 N–H and O–H groups in total. The minimum absolute atomic E-state index is 0.108. The number of carbonyl (C=O) groups excluding carboxylic acids is 2. The quantitative estimate of drug-likeness (QED) is 0.644. The van der Waals surface area contributed by atoms with Gasteiger partial charge in [-0.3, -0.25) is 9.59 Å². The minimum atomic E-state index is -0.763. The van der Waals surface area contributed by atoms with Gasteiger partial charge in [0.2, 0.25) is 5.91 Å². The number of amides is 2. The molecule has 1 rings (SSSR count). The van der Waals surface area contributed by atoms with Crippen LogP contribution in [0.5, 0.6) is 0 Å². The number of primary amides is 1. The number of hydrogen-bond acceptors (Lipinski definition) is 4. The topological polar surface area (TPSA) is 111 Å². The fourth-order valence-electron chi connectivity index (χ4n) is 0.999. The van der Waals surface area contributed by atoms with Crippen molar-refractivity contribution in [1.29, 1.82) is 0 Å². The first kappa shape index (κ1) is 12.3. The number of hydrogen-bond donors (Lipinski definition) is 3. The van der Waals surface area contributed by atoms with Crippen molar-refractivity contribution in [1.82, 2.24) is 10.3 Å². The van der Waals surface area contributed by atoms with E-state index in [9.17, 15) is 9.59 Å². The summed E-state index contributed by atoms with van der Waals surface area (Å²) in [6.45, 7) is 1.48. The van der Waals surface area contributed by atoms with Gasteiger partial charge < -0.3 is 16.8 Å². The zero-order chi connectivity index (χ0) is 12.3. The Morgan fingerprint density at radius 2 is 2.12 bits per heavy atom. The van der Waals surface area contributed by atoms with Crippen LogP contribution in [0.4, 0.5) is 5.82 Å². The van der Waals surface area contributed by atoms with Gasteiger partial charge in [-0.25, -0.2) is 4.98 Å². The Balaban J connectivity index is 2.84. The number of carbonyl (C=O) groups is 2. The standard InChI is InChI=1S/C9H11ClN4O2/c1-4(8(12)15)13-9(16)5-2-6(10)14-7(11)3-5/h2-4H,1H3,(H2,11,14)(H2,12,15)(H,13,16). The van der Waals surface area contributed by atoms with Crippen molar-refractivity contribution in [2.75, 3.05) is 5.73 Å². The van der Waals surface area contributed by atoms with Gasteiger partial charge in [-0.1, -0.05) is 11.6 Å². The van der Waals surface area contributed by atoms with Crippen molar-refractivity contribution >= 4 is 29.2 Å². The van der Waals surface area contributed by atoms with Crippen LogP contribution < -0.4 is 16.8 Å². The van der Waals surface area contributed by atoms with Gasteiger partial charge in [0.05, 0.1) is 0 Å². The van der Waals surface area contributed by atoms with Gasteiger partial charge in [-0.2, -0.15) is 0 Å². The van der Waals surface area contributed by atoms with Gasteiger partial charge in [0.25, 0.3) is 5.91 Å². The number of nitrogen functional groups attached to an aromatic ring is 1. The van der Waals surface area contributed by atoms with E-state index in [0.717, 1.165) is 0 Å². The van der Waals surface area contributed by atoms with Crippen LogP contribution in [-0.2, 0) is 4.79 Å². The van der Waals surface area contributed by atoms with E-state index >= 15 is 0 Å². The van der Waals surface area contributed by atoms with E-state index in [0.29, 0.717) is 0 Å². The Morgan fingerprint density at radius 1 is 1.50 bits per heavy atom. The number of nitrogens with zero attached hydrogens (tertiary/aromatic N) is 1. The zero-order valence-electron chi connectivity index (χ0n) is 8.53. The third kappa shape index (κ3) is 3.09. The molecule has 0 radical (unpaired) electrons. The highest BCUT2D eigenvalue weighted by Crippen LogP contribution is 2.12. The third-order valence-corrected chi connectivity index (χ3v) is 2.04. The molecular weight excluding hydrogens is 232 g/mol. The lowest BCUT2D eigenvalue weighted by Gasteiger charge is -2.10. The van der Waals surface area contributed by atoms with Gasteiger partial charge in [-0.15, -0.1) is 0 Å². The first-order valence-corrected chi connectivity index (χ1v) is 4.81. The van der Waals surface area contributed by atoms with Crippen LogP contribution in [0.3, 0.4) is 0 Å². The van der Waals surface area contributed by atoms with E-state index < -0.39 is 17.9 Å². The maximum atomic E-state index is 11.6. The lowest BCUT2D eigenvalue weighted by molar-refractivity contribution is -0.119. The van der Waals surface area contributed by atoms with Crippen molar-refractivity contribution in [2.24, 2.45) is 5.73 Å². The van der Waals surface area contributed by atoms with Crippen LogP contribution in [-0.4, -0.2) is 22.8 Å². The van der Waals surface area contributed by atoms with Gasteiger partial charge in [0.1, 0.15) is 17.0 Å². The first-order chi connectivity index (χ1) is 7.40. The molecule has 0 aromatic carbocycles. The molecule has 86 valence electrons. The summed E-state index contributed by atoms with van der Waals surface area (Å²) in [5.74, 6) is -0.979. The number of rotatable bonds is 3. The Labute approximate surface area is 97.0 Å². The van der Waals surface area contributed by atoms with Crippen LogP contribution in [0.2, 0.25) is 5.15 Å². The molecule has 1 aromatic heterocycles. The van der Waals surface area contributed by atoms with Crippen molar-refractivity contribution in [3.63, 3.8) is 0 Å². The predicted octanol–water partition coefficient (Wildman–Crippen LogP) is -0.0792. The summed E-state index contributed by atoms with van der Waals surface area (Å²) in [7, 11) is 0.